The van der Waals surface area contributed by atoms with E-state index in [1.165, 1.54) is 0 Å². The van der Waals surface area contributed by atoms with Gasteiger partial charge in [-0.2, -0.15) is 0 Å². The zero-order valence-electron chi connectivity index (χ0n) is 11.3. The average Bonchev–Trinajstić information content (AvgIpc) is 2.66. The molecule has 4 heteroatoms. The Labute approximate surface area is 112 Å². The number of hydrogen-bond acceptors (Lipinski definition) is 4. The maximum absolute atomic E-state index is 12.1. The molecule has 0 fully saturated rings. The Morgan fingerprint density at radius 1 is 1.32 bits per heavy atom. The first-order valence-electron chi connectivity index (χ1n) is 6.70. The van der Waals surface area contributed by atoms with E-state index in [0.717, 1.165) is 5.56 Å². The highest BCUT2D eigenvalue weighted by atomic mass is 16.5. The molecule has 4 nitrogen and oxygen atoms in total. The van der Waals surface area contributed by atoms with Gasteiger partial charge in [-0.05, 0) is 18.4 Å². The van der Waals surface area contributed by atoms with Gasteiger partial charge < -0.3 is 14.6 Å². The van der Waals surface area contributed by atoms with Gasteiger partial charge >= 0.3 is 5.97 Å². The van der Waals surface area contributed by atoms with Crippen molar-refractivity contribution in [3.05, 3.63) is 28.8 Å². The molecule has 102 valence electrons. The minimum Gasteiger partial charge on any atom is -0.486 e. The lowest BCUT2D eigenvalue weighted by Crippen LogP contribution is -2.26. The fourth-order valence-corrected chi connectivity index (χ4v) is 2.86. The van der Waals surface area contributed by atoms with Gasteiger partial charge in [-0.3, -0.25) is 0 Å². The fraction of sp³-hybridized carbons (Fsp3) is 0.533. The van der Waals surface area contributed by atoms with Crippen LogP contribution in [-0.4, -0.2) is 23.3 Å². The van der Waals surface area contributed by atoms with E-state index >= 15 is 0 Å². The molecule has 2 heterocycles. The second kappa shape index (κ2) is 4.23. The Morgan fingerprint density at radius 3 is 2.74 bits per heavy atom. The summed E-state index contributed by atoms with van der Waals surface area (Å²) in [6.45, 7) is 5.86. The number of rotatable bonds is 1. The molecule has 0 radical (unpaired) electrons. The van der Waals surface area contributed by atoms with Crippen LogP contribution in [0.25, 0.3) is 0 Å². The van der Waals surface area contributed by atoms with Crippen LogP contribution in [0.4, 0.5) is 0 Å². The molecule has 0 bridgehead atoms. The number of aliphatic hydroxyl groups excluding tert-OH is 1. The minimum atomic E-state index is -0.674. The molecule has 0 aliphatic carbocycles. The maximum Gasteiger partial charge on any atom is 0.342 e. The van der Waals surface area contributed by atoms with Crippen molar-refractivity contribution in [3.63, 3.8) is 0 Å². The maximum atomic E-state index is 12.1. The molecule has 3 atom stereocenters. The Kier molecular flexibility index (Phi) is 2.78. The molecule has 0 unspecified atom stereocenters. The van der Waals surface area contributed by atoms with E-state index in [2.05, 4.69) is 0 Å². The number of hydrogen-bond donors (Lipinski definition) is 1. The van der Waals surface area contributed by atoms with Crippen molar-refractivity contribution >= 4 is 5.97 Å². The lowest BCUT2D eigenvalue weighted by Gasteiger charge is -2.23. The summed E-state index contributed by atoms with van der Waals surface area (Å²) in [6.07, 6.45) is -0.383. The smallest absolute Gasteiger partial charge is 0.342 e. The quantitative estimate of drug-likeness (QED) is 0.789. The van der Waals surface area contributed by atoms with Crippen LogP contribution in [0, 0.1) is 5.92 Å². The fourth-order valence-electron chi connectivity index (χ4n) is 2.86. The highest BCUT2D eigenvalue weighted by Gasteiger charge is 2.40. The van der Waals surface area contributed by atoms with Gasteiger partial charge in [0, 0.05) is 12.0 Å². The third-order valence-electron chi connectivity index (χ3n) is 3.83. The van der Waals surface area contributed by atoms with Crippen LogP contribution in [0.3, 0.4) is 0 Å². The van der Waals surface area contributed by atoms with Gasteiger partial charge in [0.25, 0.3) is 0 Å². The number of ether oxygens (including phenoxy) is 2. The van der Waals surface area contributed by atoms with E-state index in [1.807, 2.05) is 32.9 Å². The summed E-state index contributed by atoms with van der Waals surface area (Å²) < 4.78 is 11.1. The van der Waals surface area contributed by atoms with Crippen molar-refractivity contribution in [2.75, 3.05) is 0 Å². The Morgan fingerprint density at radius 2 is 2.05 bits per heavy atom. The number of carbonyl (C=O) groups is 1. The van der Waals surface area contributed by atoms with Crippen LogP contribution < -0.4 is 4.74 Å². The minimum absolute atomic E-state index is 0.106. The SMILES string of the molecule is CC(C)[C@@H]1Oc2c(ccc3c2C(=O)O[C@H](C)C3)[C@@H]1O. The molecule has 19 heavy (non-hydrogen) atoms. The highest BCUT2D eigenvalue weighted by molar-refractivity contribution is 5.96. The van der Waals surface area contributed by atoms with Crippen LogP contribution in [0.5, 0.6) is 5.75 Å². The van der Waals surface area contributed by atoms with Gasteiger partial charge in [0.05, 0.1) is 0 Å². The molecule has 2 aliphatic rings. The predicted molar refractivity (Wildman–Crippen MR) is 69.2 cm³/mol. The van der Waals surface area contributed by atoms with Crippen molar-refractivity contribution in [1.29, 1.82) is 0 Å². The van der Waals surface area contributed by atoms with Crippen LogP contribution >= 0.6 is 0 Å². The van der Waals surface area contributed by atoms with E-state index in [4.69, 9.17) is 9.47 Å². The number of aliphatic hydroxyl groups is 1. The van der Waals surface area contributed by atoms with Gasteiger partial charge in [0.2, 0.25) is 0 Å². The molecular formula is C15H18O4. The molecule has 0 aromatic heterocycles. The van der Waals surface area contributed by atoms with E-state index in [9.17, 15) is 9.90 Å². The standard InChI is InChI=1S/C15H18O4/c1-7(2)13-12(16)10-5-4-9-6-8(3)18-15(17)11(9)14(10)19-13/h4-5,7-8,12-13,16H,6H2,1-3H3/t8-,12+,13+/m1/s1. The van der Waals surface area contributed by atoms with E-state index in [-0.39, 0.29) is 24.1 Å². The molecule has 2 aliphatic heterocycles. The third kappa shape index (κ3) is 1.82. The summed E-state index contributed by atoms with van der Waals surface area (Å²) in [5.74, 6) is 0.347. The molecule has 0 spiro atoms. The molecule has 0 saturated carbocycles. The Hall–Kier alpha value is -1.55. The zero-order chi connectivity index (χ0) is 13.7. The van der Waals surface area contributed by atoms with Crippen LogP contribution in [0.1, 0.15) is 48.4 Å². The molecule has 0 amide bonds. The van der Waals surface area contributed by atoms with Crippen LogP contribution in [0.2, 0.25) is 0 Å². The highest BCUT2D eigenvalue weighted by Crippen LogP contribution is 2.44. The summed E-state index contributed by atoms with van der Waals surface area (Å²) >= 11 is 0. The number of esters is 1. The van der Waals surface area contributed by atoms with Crippen molar-refractivity contribution < 1.29 is 19.4 Å². The van der Waals surface area contributed by atoms with Gasteiger partial charge in [0.15, 0.2) is 0 Å². The van der Waals surface area contributed by atoms with Gasteiger partial charge in [-0.15, -0.1) is 0 Å². The first kappa shape index (κ1) is 12.5. The van der Waals surface area contributed by atoms with Gasteiger partial charge in [-0.25, -0.2) is 4.79 Å². The summed E-state index contributed by atoms with van der Waals surface area (Å²) in [5, 5.41) is 10.3. The predicted octanol–water partition coefficient (Wildman–Crippen LogP) is 2.24. The summed E-state index contributed by atoms with van der Waals surface area (Å²) in [4.78, 5) is 12.1. The number of benzene rings is 1. The van der Waals surface area contributed by atoms with Crippen molar-refractivity contribution in [2.45, 2.75) is 45.5 Å². The number of carbonyl (C=O) groups excluding carboxylic acids is 1. The van der Waals surface area contributed by atoms with Crippen LogP contribution in [-0.2, 0) is 11.2 Å². The average molecular weight is 262 g/mol. The molecule has 0 saturated heterocycles. The molecule has 1 N–H and O–H groups in total. The van der Waals surface area contributed by atoms with Crippen molar-refractivity contribution in [3.8, 4) is 5.75 Å². The molecule has 1 aromatic carbocycles. The van der Waals surface area contributed by atoms with E-state index in [0.29, 0.717) is 23.3 Å². The monoisotopic (exact) mass is 262 g/mol. The molecule has 1 aromatic rings. The Bertz CT molecular complexity index is 535. The second-order valence-electron chi connectivity index (χ2n) is 5.71. The third-order valence-corrected chi connectivity index (χ3v) is 3.83. The first-order chi connectivity index (χ1) is 8.99. The lowest BCUT2D eigenvalue weighted by molar-refractivity contribution is 0.0262. The first-order valence-corrected chi connectivity index (χ1v) is 6.70. The normalized spacial score (nSPS) is 28.7. The summed E-state index contributed by atoms with van der Waals surface area (Å²) in [5.41, 5.74) is 2.14. The van der Waals surface area contributed by atoms with Gasteiger partial charge in [0.1, 0.15) is 29.6 Å². The van der Waals surface area contributed by atoms with Crippen molar-refractivity contribution in [2.24, 2.45) is 5.92 Å². The number of fused-ring (bicyclic) bond motifs is 3. The largest absolute Gasteiger partial charge is 0.486 e. The lowest BCUT2D eigenvalue weighted by atomic mass is 9.93. The summed E-state index contributed by atoms with van der Waals surface area (Å²) in [6, 6.07) is 3.77. The van der Waals surface area contributed by atoms with Crippen LogP contribution in [0.15, 0.2) is 12.1 Å². The van der Waals surface area contributed by atoms with E-state index < -0.39 is 6.10 Å². The van der Waals surface area contributed by atoms with Crippen molar-refractivity contribution in [1.82, 2.24) is 0 Å². The molecule has 3 rings (SSSR count). The zero-order valence-corrected chi connectivity index (χ0v) is 11.3. The topological polar surface area (TPSA) is 55.8 Å². The van der Waals surface area contributed by atoms with Gasteiger partial charge in [-0.1, -0.05) is 26.0 Å². The van der Waals surface area contributed by atoms with E-state index in [1.54, 1.807) is 0 Å². The molecular weight excluding hydrogens is 244 g/mol. The Balaban J connectivity index is 2.09. The second-order valence-corrected chi connectivity index (χ2v) is 5.71. The summed E-state index contributed by atoms with van der Waals surface area (Å²) in [7, 11) is 0. The number of cyclic esters (lactones) is 1.